The molecule has 0 N–H and O–H groups in total. The van der Waals surface area contributed by atoms with Crippen molar-refractivity contribution < 1.29 is 4.74 Å². The lowest BCUT2D eigenvalue weighted by atomic mass is 10.1. The Kier molecular flexibility index (Phi) is 3.82. The van der Waals surface area contributed by atoms with Gasteiger partial charge in [0, 0.05) is 5.02 Å². The molecule has 2 heteroatoms. The molecular formula is C11H11ClO. The number of hydrogen-bond acceptors (Lipinski definition) is 1. The quantitative estimate of drug-likeness (QED) is 0.531. The first-order valence-corrected chi connectivity index (χ1v) is 4.38. The molecule has 0 saturated heterocycles. The van der Waals surface area contributed by atoms with Crippen molar-refractivity contribution >= 4 is 11.6 Å². The molecule has 13 heavy (non-hydrogen) atoms. The fourth-order valence-electron chi connectivity index (χ4n) is 1.04. The standard InChI is InChI=1S/C11H11ClO/c1-3-6-13-8-10-4-5-11(12)7-9(10)2/h1,4-5,7H,6,8H2,2H3. The Labute approximate surface area is 83.7 Å². The first kappa shape index (κ1) is 10.1. The molecule has 0 saturated carbocycles. The molecule has 0 amide bonds. The molecular weight excluding hydrogens is 184 g/mol. The van der Waals surface area contributed by atoms with Crippen LogP contribution in [-0.2, 0) is 11.3 Å². The number of halogens is 1. The van der Waals surface area contributed by atoms with Crippen molar-refractivity contribution in [1.82, 2.24) is 0 Å². The Morgan fingerprint density at radius 2 is 2.31 bits per heavy atom. The minimum Gasteiger partial charge on any atom is -0.364 e. The number of hydrogen-bond donors (Lipinski definition) is 0. The van der Waals surface area contributed by atoms with E-state index in [0.717, 1.165) is 16.1 Å². The summed E-state index contributed by atoms with van der Waals surface area (Å²) < 4.78 is 5.21. The zero-order chi connectivity index (χ0) is 9.68. The van der Waals surface area contributed by atoms with E-state index in [-0.39, 0.29) is 0 Å². The summed E-state index contributed by atoms with van der Waals surface area (Å²) in [7, 11) is 0. The van der Waals surface area contributed by atoms with E-state index >= 15 is 0 Å². The van der Waals surface area contributed by atoms with Gasteiger partial charge in [-0.05, 0) is 30.2 Å². The highest BCUT2D eigenvalue weighted by Crippen LogP contribution is 2.15. The zero-order valence-electron chi connectivity index (χ0n) is 7.51. The van der Waals surface area contributed by atoms with E-state index in [1.807, 2.05) is 25.1 Å². The molecule has 0 aliphatic rings. The molecule has 0 spiro atoms. The van der Waals surface area contributed by atoms with E-state index in [0.29, 0.717) is 13.2 Å². The Bertz CT molecular complexity index is 325. The first-order valence-electron chi connectivity index (χ1n) is 4.00. The van der Waals surface area contributed by atoms with Crippen molar-refractivity contribution in [2.45, 2.75) is 13.5 Å². The molecule has 0 aliphatic carbocycles. The maximum atomic E-state index is 5.81. The summed E-state index contributed by atoms with van der Waals surface area (Å²) in [6.45, 7) is 2.90. The van der Waals surface area contributed by atoms with E-state index in [9.17, 15) is 0 Å². The fraction of sp³-hybridized carbons (Fsp3) is 0.273. The average molecular weight is 195 g/mol. The van der Waals surface area contributed by atoms with Crippen LogP contribution < -0.4 is 0 Å². The van der Waals surface area contributed by atoms with Gasteiger partial charge in [-0.2, -0.15) is 0 Å². The fourth-order valence-corrected chi connectivity index (χ4v) is 1.27. The number of aryl methyl sites for hydroxylation is 1. The molecule has 0 unspecified atom stereocenters. The monoisotopic (exact) mass is 194 g/mol. The summed E-state index contributed by atoms with van der Waals surface area (Å²) in [6, 6.07) is 5.72. The van der Waals surface area contributed by atoms with Gasteiger partial charge in [0.25, 0.3) is 0 Å². The molecule has 0 radical (unpaired) electrons. The lowest BCUT2D eigenvalue weighted by Crippen LogP contribution is -1.95. The normalized spacial score (nSPS) is 9.62. The van der Waals surface area contributed by atoms with Crippen molar-refractivity contribution in [2.75, 3.05) is 6.61 Å². The van der Waals surface area contributed by atoms with E-state index in [1.165, 1.54) is 0 Å². The second-order valence-corrected chi connectivity index (χ2v) is 3.20. The molecule has 1 nitrogen and oxygen atoms in total. The molecule has 0 bridgehead atoms. The minimum atomic E-state index is 0.349. The van der Waals surface area contributed by atoms with Gasteiger partial charge in [0.15, 0.2) is 0 Å². The predicted octanol–water partition coefficient (Wildman–Crippen LogP) is 2.80. The lowest BCUT2D eigenvalue weighted by molar-refractivity contribution is 0.153. The molecule has 0 heterocycles. The van der Waals surface area contributed by atoms with Crippen LogP contribution in [0.1, 0.15) is 11.1 Å². The van der Waals surface area contributed by atoms with Crippen molar-refractivity contribution in [3.63, 3.8) is 0 Å². The van der Waals surface area contributed by atoms with Crippen molar-refractivity contribution in [3.8, 4) is 12.3 Å². The Morgan fingerprint density at radius 3 is 2.92 bits per heavy atom. The van der Waals surface area contributed by atoms with Gasteiger partial charge in [-0.15, -0.1) is 6.42 Å². The highest BCUT2D eigenvalue weighted by atomic mass is 35.5. The maximum Gasteiger partial charge on any atom is 0.107 e. The molecule has 0 aromatic heterocycles. The van der Waals surface area contributed by atoms with Crippen LogP contribution in [0.4, 0.5) is 0 Å². The van der Waals surface area contributed by atoms with Crippen LogP contribution in [0, 0.1) is 19.3 Å². The van der Waals surface area contributed by atoms with E-state index in [2.05, 4.69) is 5.92 Å². The van der Waals surface area contributed by atoms with E-state index in [1.54, 1.807) is 0 Å². The summed E-state index contributed by atoms with van der Waals surface area (Å²) in [5.41, 5.74) is 2.25. The van der Waals surface area contributed by atoms with Gasteiger partial charge in [-0.3, -0.25) is 0 Å². The third-order valence-electron chi connectivity index (χ3n) is 1.75. The first-order chi connectivity index (χ1) is 6.24. The van der Waals surface area contributed by atoms with Gasteiger partial charge >= 0.3 is 0 Å². The van der Waals surface area contributed by atoms with Crippen LogP contribution >= 0.6 is 11.6 Å². The van der Waals surface area contributed by atoms with Gasteiger partial charge in [-0.1, -0.05) is 23.6 Å². The highest BCUT2D eigenvalue weighted by Gasteiger charge is 1.98. The van der Waals surface area contributed by atoms with E-state index in [4.69, 9.17) is 22.8 Å². The number of ether oxygens (including phenoxy) is 1. The van der Waals surface area contributed by atoms with Gasteiger partial charge in [0.05, 0.1) is 6.61 Å². The molecule has 0 fully saturated rings. The zero-order valence-corrected chi connectivity index (χ0v) is 8.27. The van der Waals surface area contributed by atoms with Crippen molar-refractivity contribution in [1.29, 1.82) is 0 Å². The van der Waals surface area contributed by atoms with Gasteiger partial charge in [-0.25, -0.2) is 0 Å². The second-order valence-electron chi connectivity index (χ2n) is 2.77. The van der Waals surface area contributed by atoms with E-state index < -0.39 is 0 Å². The van der Waals surface area contributed by atoms with Gasteiger partial charge in [0.2, 0.25) is 0 Å². The Balaban J connectivity index is 2.62. The topological polar surface area (TPSA) is 9.23 Å². The smallest absolute Gasteiger partial charge is 0.107 e. The second kappa shape index (κ2) is 4.91. The van der Waals surface area contributed by atoms with Crippen LogP contribution in [0.15, 0.2) is 18.2 Å². The molecule has 1 rings (SSSR count). The summed E-state index contributed by atoms with van der Waals surface area (Å²) >= 11 is 5.81. The lowest BCUT2D eigenvalue weighted by Gasteiger charge is -2.05. The van der Waals surface area contributed by atoms with Gasteiger partial charge in [0.1, 0.15) is 6.61 Å². The number of rotatable bonds is 3. The van der Waals surface area contributed by atoms with Crippen LogP contribution in [-0.4, -0.2) is 6.61 Å². The highest BCUT2D eigenvalue weighted by molar-refractivity contribution is 6.30. The molecule has 1 aromatic rings. The van der Waals surface area contributed by atoms with Crippen LogP contribution in [0.2, 0.25) is 5.02 Å². The largest absolute Gasteiger partial charge is 0.364 e. The van der Waals surface area contributed by atoms with Crippen LogP contribution in [0.25, 0.3) is 0 Å². The van der Waals surface area contributed by atoms with Gasteiger partial charge < -0.3 is 4.74 Å². The average Bonchev–Trinajstić information content (AvgIpc) is 2.09. The third kappa shape index (κ3) is 3.10. The molecule has 68 valence electrons. The summed E-state index contributed by atoms with van der Waals surface area (Å²) in [5.74, 6) is 2.42. The van der Waals surface area contributed by atoms with Crippen LogP contribution in [0.5, 0.6) is 0 Å². The molecule has 0 atom stereocenters. The van der Waals surface area contributed by atoms with Crippen molar-refractivity contribution in [3.05, 3.63) is 34.3 Å². The van der Waals surface area contributed by atoms with Crippen LogP contribution in [0.3, 0.4) is 0 Å². The minimum absolute atomic E-state index is 0.349. The maximum absolute atomic E-state index is 5.81. The summed E-state index contributed by atoms with van der Waals surface area (Å²) in [4.78, 5) is 0. The van der Waals surface area contributed by atoms with Crippen molar-refractivity contribution in [2.24, 2.45) is 0 Å². The molecule has 0 aliphatic heterocycles. The molecule has 1 aromatic carbocycles. The SMILES string of the molecule is C#CCOCc1ccc(Cl)cc1C. The Hall–Kier alpha value is -0.970. The number of benzene rings is 1. The number of terminal acetylenes is 1. The summed E-state index contributed by atoms with van der Waals surface area (Å²) in [6.07, 6.45) is 5.06. The third-order valence-corrected chi connectivity index (χ3v) is 1.98. The predicted molar refractivity (Wildman–Crippen MR) is 54.7 cm³/mol. The Morgan fingerprint density at radius 1 is 1.54 bits per heavy atom. The summed E-state index contributed by atoms with van der Waals surface area (Å²) in [5, 5.41) is 0.748.